The lowest BCUT2D eigenvalue weighted by molar-refractivity contribution is 0.413. The van der Waals surface area contributed by atoms with Crippen molar-refractivity contribution in [1.29, 1.82) is 0 Å². The van der Waals surface area contributed by atoms with Gasteiger partial charge in [-0.1, -0.05) is 22.9 Å². The van der Waals surface area contributed by atoms with Crippen LogP contribution in [-0.4, -0.2) is 13.7 Å². The Bertz CT molecular complexity index is 587. The van der Waals surface area contributed by atoms with Crippen molar-refractivity contribution in [1.82, 2.24) is 5.32 Å². The standard InChI is InChI=1S/C16H19BrINOS/c1-3-6-19-15(12-9-16(18)21-10-12)8-11-7-13(20-2)4-5-14(11)17/h4-5,7,9-10,15,19H,3,6,8H2,1-2H3. The van der Waals surface area contributed by atoms with Gasteiger partial charge in [0, 0.05) is 10.5 Å². The average molecular weight is 480 g/mol. The number of methoxy groups -OCH3 is 1. The Morgan fingerprint density at radius 1 is 1.38 bits per heavy atom. The van der Waals surface area contributed by atoms with E-state index in [2.05, 4.69) is 74.3 Å². The predicted octanol–water partition coefficient (Wildman–Crippen LogP) is 5.41. The van der Waals surface area contributed by atoms with Crippen molar-refractivity contribution in [3.63, 3.8) is 0 Å². The molecule has 0 aliphatic rings. The zero-order chi connectivity index (χ0) is 15.2. The third-order valence-electron chi connectivity index (χ3n) is 3.31. The van der Waals surface area contributed by atoms with Gasteiger partial charge in [0.25, 0.3) is 0 Å². The smallest absolute Gasteiger partial charge is 0.119 e. The van der Waals surface area contributed by atoms with Gasteiger partial charge in [0.2, 0.25) is 0 Å². The molecule has 0 bridgehead atoms. The Labute approximate surface area is 152 Å². The van der Waals surface area contributed by atoms with Crippen LogP contribution in [0.2, 0.25) is 0 Å². The fraction of sp³-hybridized carbons (Fsp3) is 0.375. The van der Waals surface area contributed by atoms with E-state index in [-0.39, 0.29) is 0 Å². The summed E-state index contributed by atoms with van der Waals surface area (Å²) in [5, 5.41) is 5.91. The van der Waals surface area contributed by atoms with E-state index in [1.807, 2.05) is 6.07 Å². The summed E-state index contributed by atoms with van der Waals surface area (Å²) in [6.45, 7) is 3.22. The average Bonchev–Trinajstić information content (AvgIpc) is 2.91. The minimum atomic E-state index is 0.341. The highest BCUT2D eigenvalue weighted by molar-refractivity contribution is 14.1. The number of halogens is 2. The maximum Gasteiger partial charge on any atom is 0.119 e. The van der Waals surface area contributed by atoms with Crippen LogP contribution in [0.1, 0.15) is 30.5 Å². The summed E-state index contributed by atoms with van der Waals surface area (Å²) in [5.74, 6) is 0.905. The molecule has 21 heavy (non-hydrogen) atoms. The van der Waals surface area contributed by atoms with Crippen LogP contribution in [0.3, 0.4) is 0 Å². The van der Waals surface area contributed by atoms with Crippen molar-refractivity contribution in [2.75, 3.05) is 13.7 Å². The van der Waals surface area contributed by atoms with Gasteiger partial charge in [0.05, 0.1) is 9.99 Å². The van der Waals surface area contributed by atoms with E-state index >= 15 is 0 Å². The highest BCUT2D eigenvalue weighted by atomic mass is 127. The fourth-order valence-corrected chi connectivity index (χ4v) is 4.02. The van der Waals surface area contributed by atoms with Crippen LogP contribution in [0.5, 0.6) is 5.75 Å². The second-order valence-electron chi connectivity index (χ2n) is 4.85. The van der Waals surface area contributed by atoms with Gasteiger partial charge < -0.3 is 10.1 Å². The molecule has 0 aliphatic heterocycles. The number of hydrogen-bond acceptors (Lipinski definition) is 3. The molecule has 0 saturated heterocycles. The summed E-state index contributed by atoms with van der Waals surface area (Å²) in [4.78, 5) is 0. The number of nitrogens with one attached hydrogen (secondary N) is 1. The van der Waals surface area contributed by atoms with Crippen LogP contribution in [-0.2, 0) is 6.42 Å². The molecule has 0 spiro atoms. The quantitative estimate of drug-likeness (QED) is 0.536. The Morgan fingerprint density at radius 2 is 2.19 bits per heavy atom. The summed E-state index contributed by atoms with van der Waals surface area (Å²) in [7, 11) is 1.71. The van der Waals surface area contributed by atoms with Crippen LogP contribution < -0.4 is 10.1 Å². The molecule has 1 atom stereocenters. The molecule has 114 valence electrons. The van der Waals surface area contributed by atoms with Gasteiger partial charge in [-0.25, -0.2) is 0 Å². The lowest BCUT2D eigenvalue weighted by Crippen LogP contribution is -2.23. The Kier molecular flexibility index (Phi) is 6.98. The van der Waals surface area contributed by atoms with Gasteiger partial charge in [0.15, 0.2) is 0 Å². The molecule has 0 amide bonds. The van der Waals surface area contributed by atoms with E-state index in [4.69, 9.17) is 4.74 Å². The Morgan fingerprint density at radius 3 is 2.81 bits per heavy atom. The molecular formula is C16H19BrINOS. The Balaban J connectivity index is 2.22. The van der Waals surface area contributed by atoms with Gasteiger partial charge in [0.1, 0.15) is 5.75 Å². The van der Waals surface area contributed by atoms with Gasteiger partial charge in [-0.3, -0.25) is 0 Å². The first-order valence-corrected chi connectivity index (χ1v) is 9.69. The van der Waals surface area contributed by atoms with E-state index in [1.165, 1.54) is 14.0 Å². The van der Waals surface area contributed by atoms with Gasteiger partial charge in [-0.15, -0.1) is 11.3 Å². The first-order valence-electron chi connectivity index (χ1n) is 6.93. The Hall–Kier alpha value is -0.110. The normalized spacial score (nSPS) is 12.4. The first kappa shape index (κ1) is 17.2. The molecule has 1 N–H and O–H groups in total. The molecular weight excluding hydrogens is 461 g/mol. The molecule has 1 aromatic heterocycles. The summed E-state index contributed by atoms with van der Waals surface area (Å²) in [6.07, 6.45) is 2.08. The van der Waals surface area contributed by atoms with Crippen LogP contribution in [0.4, 0.5) is 0 Å². The largest absolute Gasteiger partial charge is 0.497 e. The summed E-state index contributed by atoms with van der Waals surface area (Å²) < 4.78 is 7.81. The van der Waals surface area contributed by atoms with Crippen LogP contribution in [0, 0.1) is 2.88 Å². The molecule has 0 saturated carbocycles. The molecule has 2 rings (SSSR count). The number of ether oxygens (including phenoxy) is 1. The van der Waals surface area contributed by atoms with Crippen LogP contribution in [0.15, 0.2) is 34.1 Å². The van der Waals surface area contributed by atoms with E-state index in [1.54, 1.807) is 18.4 Å². The lowest BCUT2D eigenvalue weighted by atomic mass is 10.0. The van der Waals surface area contributed by atoms with Gasteiger partial charge in [-0.2, -0.15) is 0 Å². The molecule has 2 aromatic rings. The van der Waals surface area contributed by atoms with Crippen molar-refractivity contribution in [2.24, 2.45) is 0 Å². The fourth-order valence-electron chi connectivity index (χ4n) is 2.19. The molecule has 1 unspecified atom stereocenters. The highest BCUT2D eigenvalue weighted by Crippen LogP contribution is 2.29. The maximum atomic E-state index is 5.34. The lowest BCUT2D eigenvalue weighted by Gasteiger charge is -2.19. The van der Waals surface area contributed by atoms with E-state index in [0.717, 1.165) is 29.6 Å². The number of benzene rings is 1. The second-order valence-corrected chi connectivity index (χ2v) is 8.51. The molecule has 1 heterocycles. The van der Waals surface area contributed by atoms with Gasteiger partial charge >= 0.3 is 0 Å². The van der Waals surface area contributed by atoms with Gasteiger partial charge in [-0.05, 0) is 82.7 Å². The number of hydrogen-bond donors (Lipinski definition) is 1. The second kappa shape index (κ2) is 8.50. The van der Waals surface area contributed by atoms with Crippen LogP contribution in [0.25, 0.3) is 0 Å². The molecule has 2 nitrogen and oxygen atoms in total. The van der Waals surface area contributed by atoms with Crippen LogP contribution >= 0.6 is 49.9 Å². The number of rotatable bonds is 7. The zero-order valence-electron chi connectivity index (χ0n) is 12.2. The zero-order valence-corrected chi connectivity index (χ0v) is 16.7. The molecule has 0 aliphatic carbocycles. The third-order valence-corrected chi connectivity index (χ3v) is 5.89. The van der Waals surface area contributed by atoms with E-state index in [9.17, 15) is 0 Å². The minimum Gasteiger partial charge on any atom is -0.497 e. The monoisotopic (exact) mass is 479 g/mol. The first-order chi connectivity index (χ1) is 10.1. The summed E-state index contributed by atoms with van der Waals surface area (Å²) in [6, 6.07) is 8.76. The predicted molar refractivity (Wildman–Crippen MR) is 102 cm³/mol. The van der Waals surface area contributed by atoms with Crippen molar-refractivity contribution >= 4 is 49.9 Å². The highest BCUT2D eigenvalue weighted by Gasteiger charge is 2.15. The van der Waals surface area contributed by atoms with Crippen molar-refractivity contribution in [2.45, 2.75) is 25.8 Å². The molecule has 0 radical (unpaired) electrons. The summed E-state index contributed by atoms with van der Waals surface area (Å²) in [5.41, 5.74) is 2.64. The van der Waals surface area contributed by atoms with Crippen molar-refractivity contribution in [3.8, 4) is 5.75 Å². The van der Waals surface area contributed by atoms with E-state index in [0.29, 0.717) is 6.04 Å². The SMILES string of the molecule is CCCNC(Cc1cc(OC)ccc1Br)c1csc(I)c1. The topological polar surface area (TPSA) is 21.3 Å². The third kappa shape index (κ3) is 4.94. The molecule has 5 heteroatoms. The van der Waals surface area contributed by atoms with Crippen molar-refractivity contribution < 1.29 is 4.74 Å². The summed E-state index contributed by atoms with van der Waals surface area (Å²) >= 11 is 7.83. The molecule has 1 aromatic carbocycles. The van der Waals surface area contributed by atoms with Crippen molar-refractivity contribution in [3.05, 3.63) is 48.1 Å². The molecule has 0 fully saturated rings. The minimum absolute atomic E-state index is 0.341. The maximum absolute atomic E-state index is 5.34. The number of thiophene rings is 1. The van der Waals surface area contributed by atoms with E-state index < -0.39 is 0 Å².